The van der Waals surface area contributed by atoms with Gasteiger partial charge < -0.3 is 18.8 Å². The van der Waals surface area contributed by atoms with Crippen LogP contribution in [0.5, 0.6) is 0 Å². The molecule has 1 N–H and O–H groups in total. The minimum atomic E-state index is -0.627. The standard InChI is InChI=1S/C25H29NO5/c1-14-13-30-22-16(3)23-19(10-18(14)22)15(2)20(24(28)31-23)11-21(27)26-9-8-25(29)7-5-4-6-17(25)12-26/h10,13,17,29H,4-9,11-12H2,1-3H3/t17-,25-/m0/s1. The Morgan fingerprint density at radius 2 is 1.97 bits per heavy atom. The summed E-state index contributed by atoms with van der Waals surface area (Å²) < 4.78 is 11.3. The van der Waals surface area contributed by atoms with Crippen molar-refractivity contribution in [1.82, 2.24) is 4.90 Å². The van der Waals surface area contributed by atoms with Crippen LogP contribution in [-0.4, -0.2) is 34.6 Å². The molecule has 0 spiro atoms. The number of furan rings is 1. The molecular formula is C25H29NO5. The van der Waals surface area contributed by atoms with Crippen molar-refractivity contribution in [2.75, 3.05) is 13.1 Å². The second kappa shape index (κ2) is 7.23. The van der Waals surface area contributed by atoms with E-state index in [0.29, 0.717) is 30.7 Å². The highest BCUT2D eigenvalue weighted by Gasteiger charge is 2.43. The highest BCUT2D eigenvalue weighted by atomic mass is 16.4. The van der Waals surface area contributed by atoms with E-state index < -0.39 is 11.2 Å². The largest absolute Gasteiger partial charge is 0.464 e. The first kappa shape index (κ1) is 20.3. The third-order valence-electron chi connectivity index (χ3n) is 7.64. The summed E-state index contributed by atoms with van der Waals surface area (Å²) in [5, 5.41) is 12.7. The van der Waals surface area contributed by atoms with Crippen LogP contribution < -0.4 is 5.63 Å². The number of fused-ring (bicyclic) bond motifs is 3. The number of likely N-dealkylation sites (tertiary alicyclic amines) is 1. The topological polar surface area (TPSA) is 83.9 Å². The monoisotopic (exact) mass is 423 g/mol. The summed E-state index contributed by atoms with van der Waals surface area (Å²) >= 11 is 0. The lowest BCUT2D eigenvalue weighted by Gasteiger charge is -2.47. The molecule has 5 rings (SSSR count). The maximum Gasteiger partial charge on any atom is 0.340 e. The fraction of sp³-hybridized carbons (Fsp3) is 0.520. The fourth-order valence-corrected chi connectivity index (χ4v) is 5.58. The van der Waals surface area contributed by atoms with Crippen molar-refractivity contribution in [3.63, 3.8) is 0 Å². The van der Waals surface area contributed by atoms with Gasteiger partial charge in [0, 0.05) is 35.3 Å². The molecule has 3 aromatic rings. The molecule has 2 atom stereocenters. The molecule has 0 bridgehead atoms. The van der Waals surface area contributed by atoms with Crippen LogP contribution >= 0.6 is 0 Å². The van der Waals surface area contributed by atoms with Gasteiger partial charge in [-0.1, -0.05) is 12.8 Å². The van der Waals surface area contributed by atoms with E-state index in [1.807, 2.05) is 31.7 Å². The van der Waals surface area contributed by atoms with Gasteiger partial charge in [0.25, 0.3) is 0 Å². The number of aryl methyl sites for hydroxylation is 3. The highest BCUT2D eigenvalue weighted by molar-refractivity contribution is 6.00. The number of hydrogen-bond acceptors (Lipinski definition) is 5. The Kier molecular flexibility index (Phi) is 4.74. The van der Waals surface area contributed by atoms with Crippen LogP contribution in [0.4, 0.5) is 0 Å². The lowest BCUT2D eigenvalue weighted by molar-refractivity contribution is -0.142. The molecule has 1 aliphatic carbocycles. The third kappa shape index (κ3) is 3.19. The number of benzene rings is 1. The predicted octanol–water partition coefficient (Wildman–Crippen LogP) is 4.16. The van der Waals surface area contributed by atoms with Crippen LogP contribution in [0.3, 0.4) is 0 Å². The van der Waals surface area contributed by atoms with E-state index in [1.54, 1.807) is 6.26 Å². The fourth-order valence-electron chi connectivity index (χ4n) is 5.58. The first-order valence-corrected chi connectivity index (χ1v) is 11.2. The van der Waals surface area contributed by atoms with E-state index in [-0.39, 0.29) is 18.2 Å². The van der Waals surface area contributed by atoms with Crippen molar-refractivity contribution in [1.29, 1.82) is 0 Å². The number of hydrogen-bond donors (Lipinski definition) is 1. The van der Waals surface area contributed by atoms with Gasteiger partial charge in [-0.25, -0.2) is 4.79 Å². The summed E-state index contributed by atoms with van der Waals surface area (Å²) in [6.45, 7) is 6.87. The first-order chi connectivity index (χ1) is 14.8. The average Bonchev–Trinajstić information content (AvgIpc) is 3.12. The maximum absolute atomic E-state index is 13.1. The summed E-state index contributed by atoms with van der Waals surface area (Å²) in [4.78, 5) is 27.8. The Labute approximate surface area is 180 Å². The zero-order valence-corrected chi connectivity index (χ0v) is 18.4. The zero-order valence-electron chi connectivity index (χ0n) is 18.4. The van der Waals surface area contributed by atoms with Crippen molar-refractivity contribution >= 4 is 27.8 Å². The molecule has 2 fully saturated rings. The lowest BCUT2D eigenvalue weighted by Crippen LogP contribution is -2.55. The quantitative estimate of drug-likeness (QED) is 0.626. The van der Waals surface area contributed by atoms with Gasteiger partial charge in [-0.2, -0.15) is 0 Å². The molecule has 1 saturated heterocycles. The Hall–Kier alpha value is -2.60. The molecule has 6 nitrogen and oxygen atoms in total. The molecule has 6 heteroatoms. The molecule has 2 aromatic heterocycles. The van der Waals surface area contributed by atoms with Crippen molar-refractivity contribution in [3.05, 3.63) is 45.0 Å². The third-order valence-corrected chi connectivity index (χ3v) is 7.64. The smallest absolute Gasteiger partial charge is 0.340 e. The number of aliphatic hydroxyl groups is 1. The van der Waals surface area contributed by atoms with Crippen LogP contribution in [0.1, 0.15) is 54.4 Å². The highest BCUT2D eigenvalue weighted by Crippen LogP contribution is 2.40. The SMILES string of the molecule is Cc1coc2c(C)c3oc(=O)c(CC(=O)N4CC[C@@]5(O)CCCC[C@H]5C4)c(C)c3cc12. The molecule has 31 heavy (non-hydrogen) atoms. The number of amides is 1. The predicted molar refractivity (Wildman–Crippen MR) is 118 cm³/mol. The number of piperidine rings is 1. The van der Waals surface area contributed by atoms with Crippen LogP contribution in [0.2, 0.25) is 0 Å². The Balaban J connectivity index is 1.47. The number of rotatable bonds is 2. The zero-order chi connectivity index (χ0) is 21.9. The first-order valence-electron chi connectivity index (χ1n) is 11.2. The summed E-state index contributed by atoms with van der Waals surface area (Å²) in [5.41, 5.74) is 3.19. The van der Waals surface area contributed by atoms with E-state index >= 15 is 0 Å². The van der Waals surface area contributed by atoms with Gasteiger partial charge in [-0.3, -0.25) is 4.79 Å². The van der Waals surface area contributed by atoms with Crippen LogP contribution in [-0.2, 0) is 11.2 Å². The Morgan fingerprint density at radius 1 is 1.16 bits per heavy atom. The lowest BCUT2D eigenvalue weighted by atomic mass is 9.71. The van der Waals surface area contributed by atoms with Gasteiger partial charge in [0.2, 0.25) is 5.91 Å². The van der Waals surface area contributed by atoms with E-state index in [0.717, 1.165) is 58.7 Å². The number of carbonyl (C=O) groups is 1. The van der Waals surface area contributed by atoms with Crippen LogP contribution in [0.15, 0.2) is 26.0 Å². The molecule has 1 aromatic carbocycles. The molecule has 164 valence electrons. The molecular weight excluding hydrogens is 394 g/mol. The summed E-state index contributed by atoms with van der Waals surface area (Å²) in [5.74, 6) is 0.0627. The van der Waals surface area contributed by atoms with E-state index in [1.165, 1.54) is 0 Å². The minimum Gasteiger partial charge on any atom is -0.464 e. The Bertz CT molecular complexity index is 1250. The van der Waals surface area contributed by atoms with Crippen LogP contribution in [0.25, 0.3) is 21.9 Å². The number of carbonyl (C=O) groups excluding carboxylic acids is 1. The molecule has 2 aliphatic rings. The van der Waals surface area contributed by atoms with Gasteiger partial charge in [0.1, 0.15) is 11.2 Å². The summed E-state index contributed by atoms with van der Waals surface area (Å²) in [6, 6.07) is 1.99. The normalized spacial score (nSPS) is 24.0. The molecule has 1 saturated carbocycles. The van der Waals surface area contributed by atoms with E-state index in [4.69, 9.17) is 8.83 Å². The number of nitrogens with zero attached hydrogens (tertiary/aromatic N) is 1. The molecule has 0 radical (unpaired) electrons. The van der Waals surface area contributed by atoms with Crippen molar-refractivity contribution in [3.8, 4) is 0 Å². The second-order valence-corrected chi connectivity index (χ2v) is 9.48. The summed E-state index contributed by atoms with van der Waals surface area (Å²) in [6.07, 6.45) is 6.29. The van der Waals surface area contributed by atoms with E-state index in [9.17, 15) is 14.7 Å². The maximum atomic E-state index is 13.1. The van der Waals surface area contributed by atoms with Gasteiger partial charge in [-0.15, -0.1) is 0 Å². The van der Waals surface area contributed by atoms with Crippen molar-refractivity contribution < 1.29 is 18.7 Å². The van der Waals surface area contributed by atoms with Gasteiger partial charge in [0.15, 0.2) is 0 Å². The molecule has 0 unspecified atom stereocenters. The van der Waals surface area contributed by atoms with Crippen molar-refractivity contribution in [2.45, 2.75) is 64.9 Å². The average molecular weight is 424 g/mol. The molecule has 1 aliphatic heterocycles. The van der Waals surface area contributed by atoms with E-state index in [2.05, 4.69) is 0 Å². The van der Waals surface area contributed by atoms with Gasteiger partial charge >= 0.3 is 5.63 Å². The minimum absolute atomic E-state index is 0.0245. The second-order valence-electron chi connectivity index (χ2n) is 9.48. The molecule has 1 amide bonds. The Morgan fingerprint density at radius 3 is 2.77 bits per heavy atom. The van der Waals surface area contributed by atoms with Gasteiger partial charge in [0.05, 0.1) is 23.8 Å². The van der Waals surface area contributed by atoms with Gasteiger partial charge in [-0.05, 0) is 57.2 Å². The molecule has 3 heterocycles. The summed E-state index contributed by atoms with van der Waals surface area (Å²) in [7, 11) is 0. The van der Waals surface area contributed by atoms with Crippen molar-refractivity contribution in [2.24, 2.45) is 5.92 Å². The van der Waals surface area contributed by atoms with Crippen LogP contribution in [0, 0.1) is 26.7 Å².